The maximum atomic E-state index is 13.6. The van der Waals surface area contributed by atoms with Crippen LogP contribution in [0.5, 0.6) is 5.75 Å². The predicted octanol–water partition coefficient (Wildman–Crippen LogP) is 3.99. The quantitative estimate of drug-likeness (QED) is 0.480. The van der Waals surface area contributed by atoms with Crippen LogP contribution in [0.1, 0.15) is 37.9 Å². The number of hydrogen-bond acceptors (Lipinski definition) is 6. The van der Waals surface area contributed by atoms with Gasteiger partial charge in [-0.3, -0.25) is 9.36 Å². The largest absolute Gasteiger partial charge is 0.492 e. The number of carbonyl (C=O) groups excluding carboxylic acids is 1. The molecule has 4 rings (SSSR count). The van der Waals surface area contributed by atoms with E-state index in [1.165, 1.54) is 28.0 Å². The lowest BCUT2D eigenvalue weighted by Crippen LogP contribution is -2.39. The summed E-state index contributed by atoms with van der Waals surface area (Å²) in [5.41, 5.74) is 1.67. The smallest absolute Gasteiger partial charge is 0.338 e. The fourth-order valence-electron chi connectivity index (χ4n) is 3.78. The lowest BCUT2D eigenvalue weighted by molar-refractivity contribution is -0.139. The molecule has 34 heavy (non-hydrogen) atoms. The molecule has 0 amide bonds. The molecule has 0 fully saturated rings. The number of ether oxygens (including phenoxy) is 2. The van der Waals surface area contributed by atoms with Crippen molar-refractivity contribution in [1.29, 1.82) is 0 Å². The third-order valence-electron chi connectivity index (χ3n) is 5.26. The van der Waals surface area contributed by atoms with Gasteiger partial charge < -0.3 is 9.47 Å². The van der Waals surface area contributed by atoms with Crippen LogP contribution in [0, 0.1) is 5.82 Å². The highest BCUT2D eigenvalue weighted by Crippen LogP contribution is 2.31. The Morgan fingerprint density at radius 3 is 2.59 bits per heavy atom. The van der Waals surface area contributed by atoms with E-state index in [4.69, 9.17) is 21.1 Å². The van der Waals surface area contributed by atoms with Gasteiger partial charge in [-0.05, 0) is 62.2 Å². The molecule has 6 nitrogen and oxygen atoms in total. The molecule has 0 radical (unpaired) electrons. The van der Waals surface area contributed by atoms with Gasteiger partial charge >= 0.3 is 5.97 Å². The van der Waals surface area contributed by atoms with E-state index in [1.807, 2.05) is 13.0 Å². The number of esters is 1. The summed E-state index contributed by atoms with van der Waals surface area (Å²) < 4.78 is 26.2. The van der Waals surface area contributed by atoms with Crippen molar-refractivity contribution >= 4 is 35.0 Å². The highest BCUT2D eigenvalue weighted by atomic mass is 35.5. The molecule has 0 saturated heterocycles. The molecule has 1 aliphatic rings. The summed E-state index contributed by atoms with van der Waals surface area (Å²) in [6, 6.07) is 10.2. The number of nitrogens with zero attached hydrogens (tertiary/aromatic N) is 2. The molecule has 1 atom stereocenters. The molecule has 176 valence electrons. The van der Waals surface area contributed by atoms with E-state index < -0.39 is 17.8 Å². The number of halogens is 2. The summed E-state index contributed by atoms with van der Waals surface area (Å²) in [5.74, 6) is -0.415. The van der Waals surface area contributed by atoms with Crippen molar-refractivity contribution in [3.05, 3.63) is 95.4 Å². The Labute approximate surface area is 204 Å². The molecule has 0 saturated carbocycles. The molecule has 0 N–H and O–H groups in total. The number of benzene rings is 2. The third kappa shape index (κ3) is 4.56. The van der Waals surface area contributed by atoms with E-state index in [2.05, 4.69) is 4.99 Å². The number of allylic oxidation sites excluding steroid dienone is 1. The van der Waals surface area contributed by atoms with E-state index in [9.17, 15) is 14.0 Å². The van der Waals surface area contributed by atoms with E-state index in [0.29, 0.717) is 38.0 Å². The molecule has 2 aromatic carbocycles. The zero-order valence-corrected chi connectivity index (χ0v) is 20.4. The Morgan fingerprint density at radius 2 is 1.94 bits per heavy atom. The van der Waals surface area contributed by atoms with Crippen molar-refractivity contribution in [3.8, 4) is 5.75 Å². The molecule has 1 aliphatic heterocycles. The molecular weight excluding hydrogens is 479 g/mol. The van der Waals surface area contributed by atoms with E-state index >= 15 is 0 Å². The average molecular weight is 501 g/mol. The Balaban J connectivity index is 1.89. The maximum absolute atomic E-state index is 13.6. The Kier molecular flexibility index (Phi) is 7.00. The van der Waals surface area contributed by atoms with Crippen LogP contribution in [-0.4, -0.2) is 23.8 Å². The first-order chi connectivity index (χ1) is 16.3. The van der Waals surface area contributed by atoms with Gasteiger partial charge in [-0.1, -0.05) is 41.1 Å². The van der Waals surface area contributed by atoms with Gasteiger partial charge in [0.25, 0.3) is 5.56 Å². The third-order valence-corrected chi connectivity index (χ3v) is 6.53. The van der Waals surface area contributed by atoms with Gasteiger partial charge in [0.1, 0.15) is 11.6 Å². The molecule has 0 unspecified atom stereocenters. The van der Waals surface area contributed by atoms with Gasteiger partial charge in [0.2, 0.25) is 0 Å². The molecular formula is C25H22ClFN2O4S. The van der Waals surface area contributed by atoms with Crippen molar-refractivity contribution in [2.45, 2.75) is 26.8 Å². The maximum Gasteiger partial charge on any atom is 0.338 e. The first-order valence-electron chi connectivity index (χ1n) is 10.7. The number of fused-ring (bicyclic) bond motifs is 1. The van der Waals surface area contributed by atoms with Crippen molar-refractivity contribution < 1.29 is 18.7 Å². The summed E-state index contributed by atoms with van der Waals surface area (Å²) in [6.45, 7) is 5.94. The first-order valence-corrected chi connectivity index (χ1v) is 11.9. The minimum atomic E-state index is -0.790. The average Bonchev–Trinajstić information content (AvgIpc) is 3.10. The summed E-state index contributed by atoms with van der Waals surface area (Å²) in [6.07, 6.45) is 1.72. The fraction of sp³-hybridized carbons (Fsp3) is 0.240. The van der Waals surface area contributed by atoms with Gasteiger partial charge in [0.15, 0.2) is 4.80 Å². The van der Waals surface area contributed by atoms with E-state index in [0.717, 1.165) is 5.56 Å². The van der Waals surface area contributed by atoms with Gasteiger partial charge in [0.05, 0.1) is 40.1 Å². The van der Waals surface area contributed by atoms with Crippen LogP contribution in [0.25, 0.3) is 6.08 Å². The predicted molar refractivity (Wildman–Crippen MR) is 129 cm³/mol. The minimum absolute atomic E-state index is 0.175. The van der Waals surface area contributed by atoms with Gasteiger partial charge in [-0.15, -0.1) is 0 Å². The zero-order chi connectivity index (χ0) is 24.4. The van der Waals surface area contributed by atoms with E-state index in [-0.39, 0.29) is 17.7 Å². The molecule has 1 aromatic heterocycles. The van der Waals surface area contributed by atoms with Crippen LogP contribution >= 0.6 is 22.9 Å². The van der Waals surface area contributed by atoms with Crippen LogP contribution in [0.4, 0.5) is 4.39 Å². The second-order valence-electron chi connectivity index (χ2n) is 7.48. The normalized spacial score (nSPS) is 15.7. The van der Waals surface area contributed by atoms with Gasteiger partial charge in [-0.2, -0.15) is 0 Å². The highest BCUT2D eigenvalue weighted by molar-refractivity contribution is 7.07. The summed E-state index contributed by atoms with van der Waals surface area (Å²) >= 11 is 7.50. The minimum Gasteiger partial charge on any atom is -0.492 e. The SMILES string of the molecule is CCOC(=O)C1=C(C)N=c2s/c(=C\c3ccc(OCC)c(Cl)c3)c(=O)n2[C@H]1c1ccc(F)cc1. The Bertz CT molecular complexity index is 1460. The van der Waals surface area contributed by atoms with Crippen molar-refractivity contribution in [2.75, 3.05) is 13.2 Å². The molecule has 0 aliphatic carbocycles. The van der Waals surface area contributed by atoms with E-state index in [1.54, 1.807) is 44.2 Å². The van der Waals surface area contributed by atoms with Gasteiger partial charge in [0, 0.05) is 0 Å². The van der Waals surface area contributed by atoms with Crippen LogP contribution < -0.4 is 19.6 Å². The molecule has 3 aromatic rings. The lowest BCUT2D eigenvalue weighted by Gasteiger charge is -2.24. The number of carbonyl (C=O) groups is 1. The Morgan fingerprint density at radius 1 is 1.21 bits per heavy atom. The van der Waals surface area contributed by atoms with Crippen molar-refractivity contribution in [3.63, 3.8) is 0 Å². The lowest BCUT2D eigenvalue weighted by atomic mass is 9.96. The summed E-state index contributed by atoms with van der Waals surface area (Å²) in [5, 5.41) is 0.438. The highest BCUT2D eigenvalue weighted by Gasteiger charge is 2.33. The summed E-state index contributed by atoms with van der Waals surface area (Å²) in [4.78, 5) is 31.3. The zero-order valence-electron chi connectivity index (χ0n) is 18.8. The standard InChI is InChI=1S/C25H22ClFN2O4S/c1-4-32-19-11-6-15(12-18(19)26)13-20-23(30)29-22(16-7-9-17(27)10-8-16)21(24(31)33-5-2)14(3)28-25(29)34-20/h6-13,22H,4-5H2,1-3H3/b20-13-/t22-/m0/s1. The van der Waals surface area contributed by atoms with Crippen molar-refractivity contribution in [1.82, 2.24) is 4.57 Å². The number of rotatable bonds is 6. The number of thiazole rings is 1. The van der Waals surface area contributed by atoms with Crippen LogP contribution in [0.15, 0.2) is 63.5 Å². The van der Waals surface area contributed by atoms with Crippen LogP contribution in [-0.2, 0) is 9.53 Å². The fourth-order valence-corrected chi connectivity index (χ4v) is 5.07. The van der Waals surface area contributed by atoms with Crippen molar-refractivity contribution in [2.24, 2.45) is 4.99 Å². The monoisotopic (exact) mass is 500 g/mol. The number of aromatic nitrogens is 1. The molecule has 2 heterocycles. The second-order valence-corrected chi connectivity index (χ2v) is 8.89. The van der Waals surface area contributed by atoms with Crippen LogP contribution in [0.3, 0.4) is 0 Å². The molecule has 0 spiro atoms. The Hall–Kier alpha value is -3.23. The van der Waals surface area contributed by atoms with Gasteiger partial charge in [-0.25, -0.2) is 14.2 Å². The molecule has 9 heteroatoms. The molecule has 0 bridgehead atoms. The second kappa shape index (κ2) is 9.95. The van der Waals surface area contributed by atoms with Crippen LogP contribution in [0.2, 0.25) is 5.02 Å². The topological polar surface area (TPSA) is 69.9 Å². The summed E-state index contributed by atoms with van der Waals surface area (Å²) in [7, 11) is 0. The first kappa shape index (κ1) is 23.9. The number of hydrogen-bond donors (Lipinski definition) is 0.